The molecule has 0 aliphatic carbocycles. The summed E-state index contributed by atoms with van der Waals surface area (Å²) in [7, 11) is 1.55. The predicted molar refractivity (Wildman–Crippen MR) is 76.6 cm³/mol. The van der Waals surface area contributed by atoms with Gasteiger partial charge in [-0.1, -0.05) is 0 Å². The summed E-state index contributed by atoms with van der Waals surface area (Å²) in [4.78, 5) is 18.1. The van der Waals surface area contributed by atoms with Crippen molar-refractivity contribution < 1.29 is 8.78 Å². The van der Waals surface area contributed by atoms with Crippen LogP contribution in [0.25, 0.3) is 10.9 Å². The van der Waals surface area contributed by atoms with E-state index < -0.39 is 19.0 Å². The third-order valence-corrected chi connectivity index (χ3v) is 3.99. The number of aromatic nitrogens is 2. The number of fused-ring (bicyclic) bond motifs is 1. The number of rotatable bonds is 1. The zero-order valence-electron chi connectivity index (χ0n) is 11.0. The molecule has 3 rings (SSSR count). The Hall–Kier alpha value is -1.50. The van der Waals surface area contributed by atoms with Crippen LogP contribution in [0.4, 0.5) is 14.7 Å². The van der Waals surface area contributed by atoms with E-state index in [4.69, 9.17) is 0 Å². The number of alkyl halides is 2. The largest absolute Gasteiger partial charge is 0.330 e. The molecule has 1 aliphatic rings. The van der Waals surface area contributed by atoms with Crippen LogP contribution in [0.5, 0.6) is 0 Å². The van der Waals surface area contributed by atoms with E-state index in [9.17, 15) is 13.6 Å². The van der Waals surface area contributed by atoms with Crippen LogP contribution < -0.4 is 10.5 Å². The van der Waals surface area contributed by atoms with Crippen LogP contribution in [-0.4, -0.2) is 28.6 Å². The van der Waals surface area contributed by atoms with Crippen molar-refractivity contribution >= 4 is 32.8 Å². The van der Waals surface area contributed by atoms with Gasteiger partial charge in [0.1, 0.15) is 0 Å². The smallest absolute Gasteiger partial charge is 0.282 e. The first-order chi connectivity index (χ1) is 9.28. The lowest BCUT2D eigenvalue weighted by Crippen LogP contribution is -2.57. The molecule has 1 aromatic heterocycles. The SMILES string of the molecule is Cc1cc(Br)c2nc(N3CC(F)(F)C3)n(C)c(=O)c2c1. The van der Waals surface area contributed by atoms with Gasteiger partial charge in [-0.05, 0) is 40.5 Å². The first-order valence-electron chi connectivity index (χ1n) is 6.08. The van der Waals surface area contributed by atoms with Gasteiger partial charge in [-0.2, -0.15) is 0 Å². The Morgan fingerprint density at radius 2 is 2.00 bits per heavy atom. The minimum Gasteiger partial charge on any atom is -0.330 e. The highest BCUT2D eigenvalue weighted by atomic mass is 79.9. The zero-order valence-corrected chi connectivity index (χ0v) is 12.5. The summed E-state index contributed by atoms with van der Waals surface area (Å²) in [5.41, 5.74) is 1.21. The minimum absolute atomic E-state index is 0.232. The van der Waals surface area contributed by atoms with Crippen molar-refractivity contribution in [3.63, 3.8) is 0 Å². The van der Waals surface area contributed by atoms with E-state index in [1.54, 1.807) is 13.1 Å². The van der Waals surface area contributed by atoms with Crippen LogP contribution >= 0.6 is 15.9 Å². The van der Waals surface area contributed by atoms with E-state index in [1.165, 1.54) is 9.47 Å². The summed E-state index contributed by atoms with van der Waals surface area (Å²) in [6, 6.07) is 3.60. The summed E-state index contributed by atoms with van der Waals surface area (Å²) < 4.78 is 28.0. The maximum atomic E-state index is 13.0. The van der Waals surface area contributed by atoms with Crippen LogP contribution in [0.3, 0.4) is 0 Å². The summed E-state index contributed by atoms with van der Waals surface area (Å²) >= 11 is 3.37. The van der Waals surface area contributed by atoms with E-state index in [0.29, 0.717) is 15.4 Å². The molecule has 20 heavy (non-hydrogen) atoms. The highest BCUT2D eigenvalue weighted by molar-refractivity contribution is 9.10. The molecule has 0 N–H and O–H groups in total. The van der Waals surface area contributed by atoms with Crippen molar-refractivity contribution in [2.24, 2.45) is 7.05 Å². The third kappa shape index (κ3) is 2.00. The lowest BCUT2D eigenvalue weighted by Gasteiger charge is -2.39. The van der Waals surface area contributed by atoms with Gasteiger partial charge < -0.3 is 4.90 Å². The van der Waals surface area contributed by atoms with Crippen LogP contribution in [-0.2, 0) is 7.05 Å². The maximum Gasteiger partial charge on any atom is 0.282 e. The van der Waals surface area contributed by atoms with Gasteiger partial charge in [0.25, 0.3) is 11.5 Å². The molecule has 106 valence electrons. The first-order valence-corrected chi connectivity index (χ1v) is 6.87. The van der Waals surface area contributed by atoms with Crippen molar-refractivity contribution in [2.75, 3.05) is 18.0 Å². The number of aryl methyl sites for hydroxylation is 1. The molecule has 0 amide bonds. The minimum atomic E-state index is -2.70. The lowest BCUT2D eigenvalue weighted by atomic mass is 10.1. The van der Waals surface area contributed by atoms with Gasteiger partial charge in [-0.3, -0.25) is 9.36 Å². The summed E-state index contributed by atoms with van der Waals surface area (Å²) in [5.74, 6) is -2.42. The van der Waals surface area contributed by atoms with E-state index in [0.717, 1.165) is 5.56 Å². The molecule has 0 spiro atoms. The molecule has 2 aromatic rings. The molecule has 0 bridgehead atoms. The van der Waals surface area contributed by atoms with E-state index in [2.05, 4.69) is 20.9 Å². The average Bonchev–Trinajstić information content (AvgIpc) is 2.31. The van der Waals surface area contributed by atoms with Crippen LogP contribution in [0.15, 0.2) is 21.4 Å². The van der Waals surface area contributed by atoms with Gasteiger partial charge >= 0.3 is 0 Å². The summed E-state index contributed by atoms with van der Waals surface area (Å²) in [5, 5.41) is 0.482. The monoisotopic (exact) mass is 343 g/mol. The number of anilines is 1. The van der Waals surface area contributed by atoms with Gasteiger partial charge in [0.05, 0.1) is 24.0 Å². The Bertz CT molecular complexity index is 764. The fraction of sp³-hybridized carbons (Fsp3) is 0.385. The van der Waals surface area contributed by atoms with Gasteiger partial charge in [0.2, 0.25) is 5.95 Å². The van der Waals surface area contributed by atoms with Crippen molar-refractivity contribution in [1.29, 1.82) is 0 Å². The highest BCUT2D eigenvalue weighted by Crippen LogP contribution is 2.31. The second-order valence-corrected chi connectivity index (χ2v) is 5.99. The maximum absolute atomic E-state index is 13.0. The number of benzene rings is 1. The third-order valence-electron chi connectivity index (χ3n) is 3.38. The molecular weight excluding hydrogens is 332 g/mol. The molecule has 0 atom stereocenters. The van der Waals surface area contributed by atoms with Crippen molar-refractivity contribution in [2.45, 2.75) is 12.8 Å². The molecule has 1 aliphatic heterocycles. The van der Waals surface area contributed by atoms with Gasteiger partial charge in [-0.15, -0.1) is 0 Å². The highest BCUT2D eigenvalue weighted by Gasteiger charge is 2.45. The van der Waals surface area contributed by atoms with Crippen molar-refractivity contribution in [3.05, 3.63) is 32.5 Å². The Balaban J connectivity index is 2.21. The summed E-state index contributed by atoms with van der Waals surface area (Å²) in [6.45, 7) is 1.08. The van der Waals surface area contributed by atoms with Crippen molar-refractivity contribution in [1.82, 2.24) is 9.55 Å². The van der Waals surface area contributed by atoms with E-state index in [-0.39, 0.29) is 11.5 Å². The van der Waals surface area contributed by atoms with Gasteiger partial charge in [0.15, 0.2) is 0 Å². The Labute approximate surface area is 122 Å². The number of nitrogens with zero attached hydrogens (tertiary/aromatic N) is 3. The molecule has 4 nitrogen and oxygen atoms in total. The van der Waals surface area contributed by atoms with Crippen molar-refractivity contribution in [3.8, 4) is 0 Å². The molecule has 7 heteroatoms. The molecular formula is C13H12BrF2N3O. The van der Waals surface area contributed by atoms with E-state index >= 15 is 0 Å². The molecule has 1 aromatic carbocycles. The van der Waals surface area contributed by atoms with Crippen LogP contribution in [0.1, 0.15) is 5.56 Å². The first kappa shape index (κ1) is 13.5. The van der Waals surface area contributed by atoms with Crippen LogP contribution in [0.2, 0.25) is 0 Å². The Kier molecular flexibility index (Phi) is 2.86. The van der Waals surface area contributed by atoms with Gasteiger partial charge in [0, 0.05) is 11.5 Å². The van der Waals surface area contributed by atoms with Gasteiger partial charge in [-0.25, -0.2) is 13.8 Å². The standard InChI is InChI=1S/C13H12BrF2N3O/c1-7-3-8-10(9(14)4-7)17-12(18(2)11(8)20)19-5-13(15,16)6-19/h3-4H,5-6H2,1-2H3. The second kappa shape index (κ2) is 4.25. The average molecular weight is 344 g/mol. The second-order valence-electron chi connectivity index (χ2n) is 5.13. The number of halogens is 3. The quantitative estimate of drug-likeness (QED) is 0.798. The zero-order chi connectivity index (χ0) is 14.7. The van der Waals surface area contributed by atoms with Crippen LogP contribution in [0, 0.1) is 6.92 Å². The Morgan fingerprint density at radius 1 is 1.35 bits per heavy atom. The lowest BCUT2D eigenvalue weighted by molar-refractivity contribution is -0.0275. The molecule has 0 saturated carbocycles. The fourth-order valence-electron chi connectivity index (χ4n) is 2.39. The predicted octanol–water partition coefficient (Wildman–Crippen LogP) is 2.46. The normalized spacial score (nSPS) is 17.4. The number of hydrogen-bond acceptors (Lipinski definition) is 3. The molecule has 1 fully saturated rings. The molecule has 1 saturated heterocycles. The van der Waals surface area contributed by atoms with E-state index in [1.807, 2.05) is 13.0 Å². The fourth-order valence-corrected chi connectivity index (χ4v) is 3.06. The summed E-state index contributed by atoms with van der Waals surface area (Å²) in [6.07, 6.45) is 0. The molecule has 0 unspecified atom stereocenters. The molecule has 0 radical (unpaired) electrons. The molecule has 2 heterocycles. The number of hydrogen-bond donors (Lipinski definition) is 0. The Morgan fingerprint density at radius 3 is 2.60 bits per heavy atom. The topological polar surface area (TPSA) is 38.1 Å².